The van der Waals surface area contributed by atoms with Crippen LogP contribution in [0, 0.1) is 20.8 Å². The van der Waals surface area contributed by atoms with E-state index in [9.17, 15) is 9.59 Å². The minimum Gasteiger partial charge on any atom is -0.493 e. The molecule has 0 aliphatic heterocycles. The molecule has 7 nitrogen and oxygen atoms in total. The first kappa shape index (κ1) is 26.4. The van der Waals surface area contributed by atoms with E-state index < -0.39 is 11.9 Å². The van der Waals surface area contributed by atoms with Gasteiger partial charge in [-0.1, -0.05) is 23.8 Å². The molecule has 0 bridgehead atoms. The van der Waals surface area contributed by atoms with Gasteiger partial charge in [0.15, 0.2) is 18.1 Å². The van der Waals surface area contributed by atoms with Crippen LogP contribution >= 0.6 is 31.9 Å². The lowest BCUT2D eigenvalue weighted by atomic mass is 10.1. The Morgan fingerprint density at radius 2 is 1.63 bits per heavy atom. The van der Waals surface area contributed by atoms with Gasteiger partial charge >= 0.3 is 5.97 Å². The summed E-state index contributed by atoms with van der Waals surface area (Å²) in [6.07, 6.45) is 1.45. The molecule has 0 saturated carbocycles. The third kappa shape index (κ3) is 7.16. The van der Waals surface area contributed by atoms with Gasteiger partial charge in [-0.15, -0.1) is 0 Å². The molecule has 1 N–H and O–H groups in total. The largest absolute Gasteiger partial charge is 0.493 e. The van der Waals surface area contributed by atoms with Crippen LogP contribution in [0.2, 0.25) is 0 Å². The van der Waals surface area contributed by atoms with Crippen LogP contribution in [0.4, 0.5) is 0 Å². The standard InChI is InChI=1S/C26H24Br2N2O5/c1-15-5-7-19(8-6-15)26(32)35-25-21(28)11-18(12-22(25)33-4)13-29-30-23(31)14-34-24-17(3)9-16(2)10-20(24)27/h5-13H,14H2,1-4H3,(H,30,31). The number of hydrogen-bond donors (Lipinski definition) is 1. The summed E-state index contributed by atoms with van der Waals surface area (Å²) in [6.45, 7) is 5.64. The van der Waals surface area contributed by atoms with Crippen molar-refractivity contribution in [3.8, 4) is 17.2 Å². The monoisotopic (exact) mass is 602 g/mol. The summed E-state index contributed by atoms with van der Waals surface area (Å²) < 4.78 is 17.8. The van der Waals surface area contributed by atoms with Crippen LogP contribution in [0.25, 0.3) is 0 Å². The number of hydrogen-bond acceptors (Lipinski definition) is 6. The van der Waals surface area contributed by atoms with Crippen molar-refractivity contribution in [3.63, 3.8) is 0 Å². The molecule has 1 amide bonds. The fraction of sp³-hybridized carbons (Fsp3) is 0.192. The number of amides is 1. The minimum absolute atomic E-state index is 0.194. The summed E-state index contributed by atoms with van der Waals surface area (Å²) >= 11 is 6.87. The summed E-state index contributed by atoms with van der Waals surface area (Å²) in [7, 11) is 1.47. The van der Waals surface area contributed by atoms with Crippen LogP contribution in [0.1, 0.15) is 32.6 Å². The number of methoxy groups -OCH3 is 1. The summed E-state index contributed by atoms with van der Waals surface area (Å²) in [5, 5.41) is 3.98. The van der Waals surface area contributed by atoms with E-state index >= 15 is 0 Å². The molecule has 0 heterocycles. The van der Waals surface area contributed by atoms with E-state index in [1.807, 2.05) is 45.0 Å². The van der Waals surface area contributed by atoms with Gasteiger partial charge in [-0.2, -0.15) is 5.10 Å². The summed E-state index contributed by atoms with van der Waals surface area (Å²) in [5.74, 6) is 0.262. The molecule has 0 saturated heterocycles. The van der Waals surface area contributed by atoms with E-state index in [0.717, 1.165) is 21.2 Å². The summed E-state index contributed by atoms with van der Waals surface area (Å²) in [6, 6.07) is 14.3. The van der Waals surface area contributed by atoms with Gasteiger partial charge in [0.05, 0.1) is 27.8 Å². The molecule has 0 atom stereocenters. The first-order valence-electron chi connectivity index (χ1n) is 10.6. The molecular formula is C26H24Br2N2O5. The average Bonchev–Trinajstić information content (AvgIpc) is 2.80. The zero-order valence-corrected chi connectivity index (χ0v) is 22.8. The zero-order chi connectivity index (χ0) is 25.5. The van der Waals surface area contributed by atoms with Crippen molar-refractivity contribution in [1.29, 1.82) is 0 Å². The first-order chi connectivity index (χ1) is 16.7. The van der Waals surface area contributed by atoms with E-state index in [4.69, 9.17) is 14.2 Å². The normalized spacial score (nSPS) is 10.8. The Morgan fingerprint density at radius 3 is 2.29 bits per heavy atom. The maximum atomic E-state index is 12.5. The number of hydrazone groups is 1. The van der Waals surface area contributed by atoms with Gasteiger partial charge in [0.25, 0.3) is 5.91 Å². The Hall–Kier alpha value is -3.17. The lowest BCUT2D eigenvalue weighted by Crippen LogP contribution is -2.24. The number of carbonyl (C=O) groups excluding carboxylic acids is 2. The van der Waals surface area contributed by atoms with Gasteiger partial charge in [-0.25, -0.2) is 10.2 Å². The predicted octanol–water partition coefficient (Wildman–Crippen LogP) is 5.89. The van der Waals surface area contributed by atoms with Crippen molar-refractivity contribution in [2.45, 2.75) is 20.8 Å². The molecular weight excluding hydrogens is 580 g/mol. The number of ether oxygens (including phenoxy) is 3. The highest BCUT2D eigenvalue weighted by molar-refractivity contribution is 9.11. The number of nitrogens with zero attached hydrogens (tertiary/aromatic N) is 1. The van der Waals surface area contributed by atoms with Crippen LogP contribution in [0.15, 0.2) is 62.6 Å². The fourth-order valence-electron chi connectivity index (χ4n) is 3.19. The second kappa shape index (κ2) is 12.0. The lowest BCUT2D eigenvalue weighted by molar-refractivity contribution is -0.123. The minimum atomic E-state index is -0.506. The predicted molar refractivity (Wildman–Crippen MR) is 142 cm³/mol. The van der Waals surface area contributed by atoms with Gasteiger partial charge in [0.2, 0.25) is 0 Å². The molecule has 0 aliphatic rings. The van der Waals surface area contributed by atoms with E-state index in [1.54, 1.807) is 24.3 Å². The molecule has 3 rings (SSSR count). The second-order valence-corrected chi connectivity index (χ2v) is 9.47. The highest BCUT2D eigenvalue weighted by Gasteiger charge is 2.17. The van der Waals surface area contributed by atoms with Crippen molar-refractivity contribution < 1.29 is 23.8 Å². The molecule has 0 fully saturated rings. The first-order valence-corrected chi connectivity index (χ1v) is 12.1. The fourth-order valence-corrected chi connectivity index (χ4v) is 4.52. The molecule has 0 unspecified atom stereocenters. The highest BCUT2D eigenvalue weighted by atomic mass is 79.9. The van der Waals surface area contributed by atoms with Crippen LogP contribution in [0.5, 0.6) is 17.2 Å². The Kier molecular flexibility index (Phi) is 9.06. The van der Waals surface area contributed by atoms with Gasteiger partial charge in [-0.3, -0.25) is 4.79 Å². The second-order valence-electron chi connectivity index (χ2n) is 7.76. The van der Waals surface area contributed by atoms with Crippen molar-refractivity contribution in [1.82, 2.24) is 5.43 Å². The van der Waals surface area contributed by atoms with E-state index in [0.29, 0.717) is 27.1 Å². The third-order valence-corrected chi connectivity index (χ3v) is 6.04. The van der Waals surface area contributed by atoms with Gasteiger partial charge in [0, 0.05) is 0 Å². The maximum Gasteiger partial charge on any atom is 0.343 e. The molecule has 3 aromatic rings. The third-order valence-electron chi connectivity index (χ3n) is 4.86. The smallest absolute Gasteiger partial charge is 0.343 e. The van der Waals surface area contributed by atoms with Crippen molar-refractivity contribution in [2.24, 2.45) is 5.10 Å². The molecule has 0 aromatic heterocycles. The maximum absolute atomic E-state index is 12.5. The Balaban J connectivity index is 1.63. The molecule has 9 heteroatoms. The summed E-state index contributed by atoms with van der Waals surface area (Å²) in [4.78, 5) is 24.7. The van der Waals surface area contributed by atoms with Gasteiger partial charge < -0.3 is 14.2 Å². The van der Waals surface area contributed by atoms with Crippen molar-refractivity contribution in [3.05, 3.63) is 85.3 Å². The van der Waals surface area contributed by atoms with Gasteiger partial charge in [0.1, 0.15) is 5.75 Å². The highest BCUT2D eigenvalue weighted by Crippen LogP contribution is 2.37. The molecule has 182 valence electrons. The quantitative estimate of drug-likeness (QED) is 0.150. The molecule has 0 radical (unpaired) electrons. The number of esters is 1. The Morgan fingerprint density at radius 1 is 0.943 bits per heavy atom. The number of carbonyl (C=O) groups is 2. The molecule has 3 aromatic carbocycles. The topological polar surface area (TPSA) is 86.2 Å². The van der Waals surface area contributed by atoms with Crippen LogP contribution in [-0.2, 0) is 4.79 Å². The van der Waals surface area contributed by atoms with Crippen LogP contribution in [-0.4, -0.2) is 31.8 Å². The number of benzene rings is 3. The van der Waals surface area contributed by atoms with Crippen molar-refractivity contribution in [2.75, 3.05) is 13.7 Å². The van der Waals surface area contributed by atoms with Crippen LogP contribution < -0.4 is 19.6 Å². The summed E-state index contributed by atoms with van der Waals surface area (Å²) in [5.41, 5.74) is 6.53. The molecule has 0 spiro atoms. The Bertz CT molecular complexity index is 1250. The number of nitrogens with one attached hydrogen (secondary N) is 1. The lowest BCUT2D eigenvalue weighted by Gasteiger charge is -2.12. The zero-order valence-electron chi connectivity index (χ0n) is 19.6. The Labute approximate surface area is 220 Å². The van der Waals surface area contributed by atoms with E-state index in [-0.39, 0.29) is 12.4 Å². The number of rotatable bonds is 8. The SMILES string of the molecule is COc1cc(C=NNC(=O)COc2c(C)cc(C)cc2Br)cc(Br)c1OC(=O)c1ccc(C)cc1. The van der Waals surface area contributed by atoms with E-state index in [2.05, 4.69) is 42.4 Å². The molecule has 35 heavy (non-hydrogen) atoms. The van der Waals surface area contributed by atoms with E-state index in [1.165, 1.54) is 13.3 Å². The number of halogens is 2. The van der Waals surface area contributed by atoms with Gasteiger partial charge in [-0.05, 0) is 99.7 Å². The average molecular weight is 604 g/mol. The molecule has 0 aliphatic carbocycles. The van der Waals surface area contributed by atoms with Crippen LogP contribution in [0.3, 0.4) is 0 Å². The van der Waals surface area contributed by atoms with Crippen molar-refractivity contribution >= 4 is 50.0 Å². The number of aryl methyl sites for hydroxylation is 3.